The largest absolute Gasteiger partial charge is 0.417 e. The molecule has 5 nitrogen and oxygen atoms in total. The molecule has 24 heavy (non-hydrogen) atoms. The van der Waals surface area contributed by atoms with Gasteiger partial charge in [0.15, 0.2) is 0 Å². The lowest BCUT2D eigenvalue weighted by Crippen LogP contribution is -2.33. The summed E-state index contributed by atoms with van der Waals surface area (Å²) < 4.78 is 38.8. The number of carbonyl (C=O) groups excluding carboxylic acids is 3. The normalized spacial score (nSPS) is 13.9. The number of carbonyl (C=O) groups is 3. The summed E-state index contributed by atoms with van der Waals surface area (Å²) in [5.74, 6) is -3.26. The van der Waals surface area contributed by atoms with E-state index in [-0.39, 0.29) is 16.2 Å². The summed E-state index contributed by atoms with van der Waals surface area (Å²) in [5, 5.41) is 0.167. The van der Waals surface area contributed by atoms with Gasteiger partial charge in [0.25, 0.3) is 11.8 Å². The zero-order valence-electron chi connectivity index (χ0n) is 11.8. The lowest BCUT2D eigenvalue weighted by molar-refractivity contribution is -0.138. The third kappa shape index (κ3) is 2.51. The molecule has 0 saturated heterocycles. The van der Waals surface area contributed by atoms with Crippen LogP contribution in [-0.4, -0.2) is 22.8 Å². The number of halogens is 3. The summed E-state index contributed by atoms with van der Waals surface area (Å²) in [4.78, 5) is 40.8. The van der Waals surface area contributed by atoms with Crippen LogP contribution in [0.2, 0.25) is 0 Å². The molecular weight excluding hydrogens is 327 g/mol. The molecule has 3 rings (SSSR count). The van der Waals surface area contributed by atoms with Crippen molar-refractivity contribution in [3.05, 3.63) is 70.8 Å². The molecule has 1 aliphatic rings. The van der Waals surface area contributed by atoms with Gasteiger partial charge in [0.1, 0.15) is 0 Å². The van der Waals surface area contributed by atoms with Crippen molar-refractivity contribution >= 4 is 17.8 Å². The van der Waals surface area contributed by atoms with Crippen molar-refractivity contribution in [2.75, 3.05) is 0 Å². The molecule has 0 radical (unpaired) electrons. The SMILES string of the molecule is O=C(ON1C(=O)c2ccccc2C1=O)c1ccccc1C(F)(F)F. The molecule has 0 atom stereocenters. The van der Waals surface area contributed by atoms with E-state index in [9.17, 15) is 27.6 Å². The molecule has 0 fully saturated rings. The van der Waals surface area contributed by atoms with Gasteiger partial charge in [-0.15, -0.1) is 0 Å². The van der Waals surface area contributed by atoms with Crippen molar-refractivity contribution in [2.24, 2.45) is 0 Å². The number of hydroxylamine groups is 2. The minimum atomic E-state index is -4.78. The van der Waals surface area contributed by atoms with E-state index in [0.717, 1.165) is 12.1 Å². The second-order valence-electron chi connectivity index (χ2n) is 4.87. The summed E-state index contributed by atoms with van der Waals surface area (Å²) in [6.45, 7) is 0. The van der Waals surface area contributed by atoms with Crippen LogP contribution in [0.15, 0.2) is 48.5 Å². The van der Waals surface area contributed by atoms with Gasteiger partial charge in [-0.1, -0.05) is 29.3 Å². The smallest absolute Gasteiger partial charge is 0.324 e. The van der Waals surface area contributed by atoms with Gasteiger partial charge in [0.05, 0.1) is 22.3 Å². The summed E-state index contributed by atoms with van der Waals surface area (Å²) in [6.07, 6.45) is -4.78. The number of amides is 2. The first-order valence-electron chi connectivity index (χ1n) is 6.67. The van der Waals surface area contributed by atoms with Crippen LogP contribution in [0.4, 0.5) is 13.2 Å². The van der Waals surface area contributed by atoms with E-state index in [4.69, 9.17) is 0 Å². The molecule has 0 spiro atoms. The molecule has 1 aliphatic heterocycles. The van der Waals surface area contributed by atoms with Gasteiger partial charge in [-0.25, -0.2) is 4.79 Å². The van der Waals surface area contributed by atoms with Gasteiger partial charge in [0, 0.05) is 0 Å². The molecule has 0 unspecified atom stereocenters. The van der Waals surface area contributed by atoms with Crippen LogP contribution in [0, 0.1) is 0 Å². The van der Waals surface area contributed by atoms with Crippen LogP contribution in [-0.2, 0) is 11.0 Å². The molecule has 0 bridgehead atoms. The number of fused-ring (bicyclic) bond motifs is 1. The maximum Gasteiger partial charge on any atom is 0.417 e. The Bertz CT molecular complexity index is 825. The highest BCUT2D eigenvalue weighted by Gasteiger charge is 2.41. The molecule has 1 heterocycles. The van der Waals surface area contributed by atoms with Crippen LogP contribution in [0.1, 0.15) is 36.6 Å². The standard InChI is InChI=1S/C16H8F3NO4/c17-16(18,19)12-8-4-3-7-11(12)15(23)24-20-13(21)9-5-1-2-6-10(9)14(20)22/h1-8H. The Morgan fingerprint density at radius 2 is 1.38 bits per heavy atom. The Morgan fingerprint density at radius 3 is 1.92 bits per heavy atom. The monoisotopic (exact) mass is 335 g/mol. The molecule has 2 aromatic rings. The van der Waals surface area contributed by atoms with Crippen molar-refractivity contribution in [3.8, 4) is 0 Å². The first-order valence-corrected chi connectivity index (χ1v) is 6.67. The molecule has 2 amide bonds. The van der Waals surface area contributed by atoms with E-state index < -0.39 is 35.1 Å². The fraction of sp³-hybridized carbons (Fsp3) is 0.0625. The van der Waals surface area contributed by atoms with E-state index in [1.165, 1.54) is 30.3 Å². The molecule has 2 aromatic carbocycles. The third-order valence-electron chi connectivity index (χ3n) is 3.38. The van der Waals surface area contributed by atoms with E-state index in [1.54, 1.807) is 0 Å². The number of benzene rings is 2. The second kappa shape index (κ2) is 5.48. The molecule has 0 N–H and O–H groups in total. The molecule has 0 aromatic heterocycles. The molecular formula is C16H8F3NO4. The van der Waals surface area contributed by atoms with Crippen molar-refractivity contribution in [3.63, 3.8) is 0 Å². The Balaban J connectivity index is 1.90. The van der Waals surface area contributed by atoms with E-state index in [1.807, 2.05) is 0 Å². The minimum Gasteiger partial charge on any atom is -0.324 e. The predicted molar refractivity (Wildman–Crippen MR) is 73.8 cm³/mol. The zero-order valence-corrected chi connectivity index (χ0v) is 11.8. The average Bonchev–Trinajstić information content (AvgIpc) is 2.79. The van der Waals surface area contributed by atoms with E-state index in [0.29, 0.717) is 6.07 Å². The Kier molecular flexibility index (Phi) is 3.59. The first-order chi connectivity index (χ1) is 11.3. The fourth-order valence-electron chi connectivity index (χ4n) is 2.29. The Hall–Kier alpha value is -3.16. The van der Waals surface area contributed by atoms with Crippen molar-refractivity contribution in [1.82, 2.24) is 5.06 Å². The number of hydrogen-bond acceptors (Lipinski definition) is 4. The topological polar surface area (TPSA) is 63.7 Å². The van der Waals surface area contributed by atoms with Crippen LogP contribution in [0.5, 0.6) is 0 Å². The lowest BCUT2D eigenvalue weighted by atomic mass is 10.1. The predicted octanol–water partition coefficient (Wildman–Crippen LogP) is 3.07. The maximum absolute atomic E-state index is 12.9. The summed E-state index contributed by atoms with van der Waals surface area (Å²) in [7, 11) is 0. The second-order valence-corrected chi connectivity index (χ2v) is 4.87. The van der Waals surface area contributed by atoms with E-state index >= 15 is 0 Å². The number of alkyl halides is 3. The van der Waals surface area contributed by atoms with Crippen molar-refractivity contribution < 1.29 is 32.4 Å². The maximum atomic E-state index is 12.9. The van der Waals surface area contributed by atoms with Gasteiger partial charge in [-0.2, -0.15) is 13.2 Å². The number of nitrogens with zero attached hydrogens (tertiary/aromatic N) is 1. The minimum absolute atomic E-state index is 0.0133. The number of hydrogen-bond donors (Lipinski definition) is 0. The van der Waals surface area contributed by atoms with Crippen LogP contribution in [0.25, 0.3) is 0 Å². The van der Waals surface area contributed by atoms with Crippen LogP contribution in [0.3, 0.4) is 0 Å². The highest BCUT2D eigenvalue weighted by atomic mass is 19.4. The number of imide groups is 1. The highest BCUT2D eigenvalue weighted by Crippen LogP contribution is 2.32. The quantitative estimate of drug-likeness (QED) is 0.791. The van der Waals surface area contributed by atoms with Crippen LogP contribution >= 0.6 is 0 Å². The van der Waals surface area contributed by atoms with Crippen LogP contribution < -0.4 is 0 Å². The zero-order chi connectivity index (χ0) is 17.5. The Morgan fingerprint density at radius 1 is 0.875 bits per heavy atom. The molecule has 0 aliphatic carbocycles. The van der Waals surface area contributed by atoms with Gasteiger partial charge in [0.2, 0.25) is 0 Å². The third-order valence-corrected chi connectivity index (χ3v) is 3.38. The molecule has 8 heteroatoms. The van der Waals surface area contributed by atoms with Gasteiger partial charge < -0.3 is 4.84 Å². The van der Waals surface area contributed by atoms with Gasteiger partial charge in [-0.3, -0.25) is 9.59 Å². The lowest BCUT2D eigenvalue weighted by Gasteiger charge is -2.15. The fourth-order valence-corrected chi connectivity index (χ4v) is 2.29. The summed E-state index contributed by atoms with van der Waals surface area (Å²) in [5.41, 5.74) is -1.98. The van der Waals surface area contributed by atoms with Gasteiger partial charge in [-0.05, 0) is 24.3 Å². The summed E-state index contributed by atoms with van der Waals surface area (Å²) >= 11 is 0. The van der Waals surface area contributed by atoms with Gasteiger partial charge >= 0.3 is 12.1 Å². The average molecular weight is 335 g/mol. The number of rotatable bonds is 2. The van der Waals surface area contributed by atoms with E-state index in [2.05, 4.69) is 4.84 Å². The summed E-state index contributed by atoms with van der Waals surface area (Å²) in [6, 6.07) is 9.67. The highest BCUT2D eigenvalue weighted by molar-refractivity contribution is 6.21. The molecule has 122 valence electrons. The Labute approximate surface area is 133 Å². The van der Waals surface area contributed by atoms with Crippen molar-refractivity contribution in [2.45, 2.75) is 6.18 Å². The first kappa shape index (κ1) is 15.7. The van der Waals surface area contributed by atoms with Crippen molar-refractivity contribution in [1.29, 1.82) is 0 Å². The molecule has 0 saturated carbocycles.